The number of nitrogens with one attached hydrogen (secondary N) is 1. The summed E-state index contributed by atoms with van der Waals surface area (Å²) in [7, 11) is 0. The average molecular weight is 282 g/mol. The van der Waals surface area contributed by atoms with E-state index < -0.39 is 0 Å². The van der Waals surface area contributed by atoms with E-state index in [9.17, 15) is 0 Å². The zero-order chi connectivity index (χ0) is 13.8. The van der Waals surface area contributed by atoms with Gasteiger partial charge in [0.2, 0.25) is 0 Å². The van der Waals surface area contributed by atoms with Gasteiger partial charge in [-0.25, -0.2) is 0 Å². The molecule has 1 saturated heterocycles. The highest BCUT2D eigenvalue weighted by molar-refractivity contribution is 8.14. The van der Waals surface area contributed by atoms with Crippen molar-refractivity contribution >= 4 is 16.9 Å². The van der Waals surface area contributed by atoms with Crippen molar-refractivity contribution in [1.82, 2.24) is 5.32 Å². The van der Waals surface area contributed by atoms with Gasteiger partial charge in [0, 0.05) is 11.8 Å². The van der Waals surface area contributed by atoms with Crippen LogP contribution in [-0.4, -0.2) is 23.0 Å². The summed E-state index contributed by atoms with van der Waals surface area (Å²) in [4.78, 5) is 5.06. The summed E-state index contributed by atoms with van der Waals surface area (Å²) in [5.74, 6) is 3.55. The first kappa shape index (κ1) is 15.2. The lowest BCUT2D eigenvalue weighted by atomic mass is 9.78. The van der Waals surface area contributed by atoms with Gasteiger partial charge in [-0.05, 0) is 37.0 Å². The summed E-state index contributed by atoms with van der Waals surface area (Å²) in [5.41, 5.74) is 0. The first-order valence-corrected chi connectivity index (χ1v) is 9.02. The molecule has 0 spiro atoms. The van der Waals surface area contributed by atoms with Crippen LogP contribution >= 0.6 is 11.8 Å². The maximum Gasteiger partial charge on any atom is 0.157 e. The first-order valence-electron chi connectivity index (χ1n) is 8.03. The molecule has 0 aromatic carbocycles. The Balaban J connectivity index is 1.93. The van der Waals surface area contributed by atoms with Gasteiger partial charge in [-0.1, -0.05) is 52.3 Å². The van der Waals surface area contributed by atoms with E-state index in [1.807, 2.05) is 11.8 Å². The summed E-state index contributed by atoms with van der Waals surface area (Å²) in [6, 6.07) is 1.21. The van der Waals surface area contributed by atoms with Crippen molar-refractivity contribution in [2.24, 2.45) is 22.7 Å². The maximum absolute atomic E-state index is 5.06. The Bertz CT molecular complexity index is 312. The third-order valence-electron chi connectivity index (χ3n) is 4.43. The fourth-order valence-electron chi connectivity index (χ4n) is 3.44. The number of hydrogen-bond acceptors (Lipinski definition) is 2. The lowest BCUT2D eigenvalue weighted by Crippen LogP contribution is -2.32. The van der Waals surface area contributed by atoms with Crippen LogP contribution < -0.4 is 5.32 Å². The smallest absolute Gasteiger partial charge is 0.157 e. The van der Waals surface area contributed by atoms with E-state index in [0.717, 1.165) is 17.8 Å². The predicted molar refractivity (Wildman–Crippen MR) is 86.9 cm³/mol. The van der Waals surface area contributed by atoms with Crippen LogP contribution in [0.4, 0.5) is 0 Å². The number of amidine groups is 1. The Kier molecular flexibility index (Phi) is 5.61. The second-order valence-electron chi connectivity index (χ2n) is 6.98. The van der Waals surface area contributed by atoms with Gasteiger partial charge in [0.15, 0.2) is 5.17 Å². The minimum absolute atomic E-state index is 0.571. The molecule has 1 aliphatic carbocycles. The van der Waals surface area contributed by atoms with Crippen LogP contribution in [0.15, 0.2) is 4.99 Å². The fraction of sp³-hybridized carbons (Fsp3) is 0.938. The van der Waals surface area contributed by atoms with Crippen molar-refractivity contribution in [2.75, 3.05) is 5.75 Å². The molecule has 0 aromatic heterocycles. The third kappa shape index (κ3) is 4.40. The first-order chi connectivity index (χ1) is 9.06. The minimum Gasteiger partial charge on any atom is -0.361 e. The Morgan fingerprint density at radius 3 is 2.63 bits per heavy atom. The summed E-state index contributed by atoms with van der Waals surface area (Å²) in [6.45, 7) is 9.33. The van der Waals surface area contributed by atoms with Crippen molar-refractivity contribution in [3.63, 3.8) is 0 Å². The van der Waals surface area contributed by atoms with Crippen molar-refractivity contribution in [3.8, 4) is 0 Å². The van der Waals surface area contributed by atoms with Gasteiger partial charge in [0.25, 0.3) is 0 Å². The average Bonchev–Trinajstić information content (AvgIpc) is 2.76. The zero-order valence-corrected chi connectivity index (χ0v) is 13.8. The molecule has 3 heteroatoms. The quantitative estimate of drug-likeness (QED) is 0.831. The van der Waals surface area contributed by atoms with E-state index in [1.54, 1.807) is 0 Å². The SMILES string of the molecule is CC(C)CC1CSC(=NC2CCCCC2C(C)C)N1. The van der Waals surface area contributed by atoms with E-state index in [0.29, 0.717) is 12.1 Å². The fourth-order valence-corrected chi connectivity index (χ4v) is 4.47. The number of rotatable bonds is 4. The molecule has 2 rings (SSSR count). The molecule has 2 nitrogen and oxygen atoms in total. The molecular weight excluding hydrogens is 252 g/mol. The van der Waals surface area contributed by atoms with Crippen LogP contribution in [0, 0.1) is 17.8 Å². The van der Waals surface area contributed by atoms with Crippen molar-refractivity contribution in [1.29, 1.82) is 0 Å². The summed E-state index contributed by atoms with van der Waals surface area (Å²) in [5, 5.41) is 4.87. The van der Waals surface area contributed by atoms with Gasteiger partial charge < -0.3 is 5.32 Å². The molecule has 0 aromatic rings. The van der Waals surface area contributed by atoms with Gasteiger partial charge >= 0.3 is 0 Å². The number of hydrogen-bond donors (Lipinski definition) is 1. The van der Waals surface area contributed by atoms with Crippen LogP contribution in [0.5, 0.6) is 0 Å². The van der Waals surface area contributed by atoms with E-state index in [4.69, 9.17) is 4.99 Å². The Labute approximate surface area is 123 Å². The van der Waals surface area contributed by atoms with E-state index in [1.165, 1.54) is 43.0 Å². The highest BCUT2D eigenvalue weighted by Gasteiger charge is 2.29. The molecular formula is C16H30N2S. The van der Waals surface area contributed by atoms with Crippen LogP contribution in [0.3, 0.4) is 0 Å². The van der Waals surface area contributed by atoms with Crippen molar-refractivity contribution < 1.29 is 0 Å². The van der Waals surface area contributed by atoms with Crippen molar-refractivity contribution in [3.05, 3.63) is 0 Å². The maximum atomic E-state index is 5.06. The van der Waals surface area contributed by atoms with Gasteiger partial charge in [-0.2, -0.15) is 0 Å². The van der Waals surface area contributed by atoms with Crippen LogP contribution in [-0.2, 0) is 0 Å². The molecule has 1 saturated carbocycles. The molecule has 19 heavy (non-hydrogen) atoms. The molecule has 2 fully saturated rings. The molecule has 110 valence electrons. The Hall–Kier alpha value is -0.180. The largest absolute Gasteiger partial charge is 0.361 e. The predicted octanol–water partition coefficient (Wildman–Crippen LogP) is 4.31. The van der Waals surface area contributed by atoms with E-state index in [-0.39, 0.29) is 0 Å². The molecule has 3 unspecified atom stereocenters. The van der Waals surface area contributed by atoms with Crippen LogP contribution in [0.25, 0.3) is 0 Å². The van der Waals surface area contributed by atoms with Gasteiger partial charge in [0.1, 0.15) is 0 Å². The molecule has 2 aliphatic rings. The minimum atomic E-state index is 0.571. The summed E-state index contributed by atoms with van der Waals surface area (Å²) in [6.07, 6.45) is 6.71. The van der Waals surface area contributed by atoms with Gasteiger partial charge in [-0.15, -0.1) is 0 Å². The highest BCUT2D eigenvalue weighted by atomic mass is 32.2. The second-order valence-corrected chi connectivity index (χ2v) is 7.98. The highest BCUT2D eigenvalue weighted by Crippen LogP contribution is 2.33. The van der Waals surface area contributed by atoms with Crippen LogP contribution in [0.2, 0.25) is 0 Å². The molecule has 1 aliphatic heterocycles. The standard InChI is InChI=1S/C16H30N2S/c1-11(2)9-13-10-19-16(17-13)18-15-8-6-5-7-14(15)12(3)4/h11-15H,5-10H2,1-4H3,(H,17,18). The van der Waals surface area contributed by atoms with E-state index >= 15 is 0 Å². The van der Waals surface area contributed by atoms with Crippen molar-refractivity contribution in [2.45, 2.75) is 71.9 Å². The number of thioether (sulfide) groups is 1. The molecule has 1 heterocycles. The van der Waals surface area contributed by atoms with E-state index in [2.05, 4.69) is 33.0 Å². The molecule has 0 radical (unpaired) electrons. The second kappa shape index (κ2) is 7.01. The zero-order valence-electron chi connectivity index (χ0n) is 13.0. The normalized spacial score (nSPS) is 34.2. The molecule has 0 amide bonds. The van der Waals surface area contributed by atoms with Gasteiger partial charge in [0.05, 0.1) is 6.04 Å². The number of aliphatic imine (C=N–C) groups is 1. The lowest BCUT2D eigenvalue weighted by molar-refractivity contribution is 0.241. The lowest BCUT2D eigenvalue weighted by Gasteiger charge is -2.32. The third-order valence-corrected chi connectivity index (χ3v) is 5.49. The molecule has 1 N–H and O–H groups in total. The summed E-state index contributed by atoms with van der Waals surface area (Å²) < 4.78 is 0. The molecule has 0 bridgehead atoms. The Morgan fingerprint density at radius 2 is 1.95 bits per heavy atom. The van der Waals surface area contributed by atoms with Gasteiger partial charge in [-0.3, -0.25) is 4.99 Å². The number of nitrogens with zero attached hydrogens (tertiary/aromatic N) is 1. The molecule has 3 atom stereocenters. The summed E-state index contributed by atoms with van der Waals surface area (Å²) >= 11 is 1.94. The Morgan fingerprint density at radius 1 is 1.21 bits per heavy atom. The van der Waals surface area contributed by atoms with Crippen LogP contribution in [0.1, 0.15) is 59.8 Å². The topological polar surface area (TPSA) is 24.4 Å². The monoisotopic (exact) mass is 282 g/mol.